The van der Waals surface area contributed by atoms with E-state index in [1.165, 1.54) is 0 Å². The van der Waals surface area contributed by atoms with Gasteiger partial charge in [-0.15, -0.1) is 0 Å². The summed E-state index contributed by atoms with van der Waals surface area (Å²) in [6, 6.07) is 16.8. The second-order valence-electron chi connectivity index (χ2n) is 6.68. The number of hydrogen-bond acceptors (Lipinski definition) is 6. The zero-order valence-electron chi connectivity index (χ0n) is 16.6. The average molecular weight is 406 g/mol. The van der Waals surface area contributed by atoms with Crippen LogP contribution in [0.1, 0.15) is 39.8 Å². The summed E-state index contributed by atoms with van der Waals surface area (Å²) in [6.45, 7) is 5.75. The van der Waals surface area contributed by atoms with Crippen molar-refractivity contribution in [1.29, 1.82) is 0 Å². The molecule has 148 valence electrons. The Bertz CT molecular complexity index is 1030. The highest BCUT2D eigenvalue weighted by Crippen LogP contribution is 2.20. The number of hydrogen-bond donors (Lipinski definition) is 2. The summed E-state index contributed by atoms with van der Waals surface area (Å²) in [7, 11) is 0. The molecule has 2 aromatic carbocycles. The molecule has 0 bridgehead atoms. The fraction of sp³-hybridized carbons (Fsp3) is 0.182. The van der Waals surface area contributed by atoms with Crippen LogP contribution in [0.3, 0.4) is 0 Å². The summed E-state index contributed by atoms with van der Waals surface area (Å²) < 4.78 is 0. The van der Waals surface area contributed by atoms with E-state index < -0.39 is 0 Å². The van der Waals surface area contributed by atoms with Gasteiger partial charge in [0.15, 0.2) is 5.16 Å². The zero-order chi connectivity index (χ0) is 20.8. The predicted molar refractivity (Wildman–Crippen MR) is 118 cm³/mol. The van der Waals surface area contributed by atoms with E-state index in [1.54, 1.807) is 30.0 Å². The molecule has 0 atom stereocenters. The van der Waals surface area contributed by atoms with Gasteiger partial charge in [-0.1, -0.05) is 36.0 Å². The maximum absolute atomic E-state index is 12.3. The quantitative estimate of drug-likeness (QED) is 0.212. The van der Waals surface area contributed by atoms with Gasteiger partial charge in [0.1, 0.15) is 0 Å². The van der Waals surface area contributed by atoms with Crippen LogP contribution in [-0.4, -0.2) is 21.6 Å². The first-order valence-electron chi connectivity index (χ1n) is 9.15. The molecule has 0 aliphatic heterocycles. The molecule has 1 aromatic heterocycles. The molecular formula is C22H23N5OS. The van der Waals surface area contributed by atoms with E-state index in [0.717, 1.165) is 33.4 Å². The molecule has 0 aliphatic rings. The summed E-state index contributed by atoms with van der Waals surface area (Å²) >= 11 is 1.57. The van der Waals surface area contributed by atoms with Gasteiger partial charge >= 0.3 is 0 Å². The standard InChI is InChI=1S/C22H23N5OS/c1-14-11-15(2)25-22(24-14)29-13-17-7-9-18(10-8-17)21(28)27-26-16(3)19-5-4-6-20(23)12-19/h4-12H,13,23H2,1-3H3,(H,27,28)/b26-16-. The van der Waals surface area contributed by atoms with Crippen LogP contribution in [0.25, 0.3) is 0 Å². The third-order valence-corrected chi connectivity index (χ3v) is 5.09. The molecular weight excluding hydrogens is 382 g/mol. The molecule has 6 nitrogen and oxygen atoms in total. The van der Waals surface area contributed by atoms with Crippen LogP contribution in [0.2, 0.25) is 0 Å². The Labute approximate surface area is 174 Å². The van der Waals surface area contributed by atoms with Crippen molar-refractivity contribution in [2.45, 2.75) is 31.7 Å². The molecule has 0 unspecified atom stereocenters. The van der Waals surface area contributed by atoms with Crippen LogP contribution in [0, 0.1) is 13.8 Å². The van der Waals surface area contributed by atoms with Gasteiger partial charge in [0.25, 0.3) is 5.91 Å². The lowest BCUT2D eigenvalue weighted by molar-refractivity contribution is 0.0955. The first kappa shape index (κ1) is 20.5. The summed E-state index contributed by atoms with van der Waals surface area (Å²) in [4.78, 5) is 21.2. The average Bonchev–Trinajstić information content (AvgIpc) is 2.70. The first-order chi connectivity index (χ1) is 13.9. The molecule has 3 N–H and O–H groups in total. The maximum atomic E-state index is 12.3. The molecule has 0 fully saturated rings. The number of amides is 1. The number of aromatic nitrogens is 2. The Kier molecular flexibility index (Phi) is 6.61. The lowest BCUT2D eigenvalue weighted by Crippen LogP contribution is -2.19. The van der Waals surface area contributed by atoms with E-state index in [9.17, 15) is 4.79 Å². The molecule has 7 heteroatoms. The fourth-order valence-electron chi connectivity index (χ4n) is 2.69. The molecule has 0 aliphatic carbocycles. The van der Waals surface area contributed by atoms with Gasteiger partial charge in [-0.2, -0.15) is 5.10 Å². The van der Waals surface area contributed by atoms with E-state index in [0.29, 0.717) is 17.0 Å². The minimum absolute atomic E-state index is 0.259. The van der Waals surface area contributed by atoms with Crippen LogP contribution in [0.15, 0.2) is 64.9 Å². The fourth-order valence-corrected chi connectivity index (χ4v) is 3.59. The Balaban J connectivity index is 1.59. The number of anilines is 1. The van der Waals surface area contributed by atoms with Gasteiger partial charge in [-0.25, -0.2) is 15.4 Å². The Morgan fingerprint density at radius 2 is 1.72 bits per heavy atom. The number of thioether (sulfide) groups is 1. The molecule has 0 saturated carbocycles. The van der Waals surface area contributed by atoms with E-state index in [-0.39, 0.29) is 5.91 Å². The molecule has 1 amide bonds. The van der Waals surface area contributed by atoms with Gasteiger partial charge in [0.2, 0.25) is 0 Å². The van der Waals surface area contributed by atoms with Crippen molar-refractivity contribution < 1.29 is 4.79 Å². The maximum Gasteiger partial charge on any atom is 0.271 e. The lowest BCUT2D eigenvalue weighted by Gasteiger charge is -2.06. The van der Waals surface area contributed by atoms with Crippen molar-refractivity contribution in [3.8, 4) is 0 Å². The van der Waals surface area contributed by atoms with Crippen LogP contribution >= 0.6 is 11.8 Å². The molecule has 0 radical (unpaired) electrons. The minimum atomic E-state index is -0.259. The predicted octanol–water partition coefficient (Wildman–Crippen LogP) is 4.12. The van der Waals surface area contributed by atoms with E-state index in [2.05, 4.69) is 20.5 Å². The highest BCUT2D eigenvalue weighted by Gasteiger charge is 2.07. The monoisotopic (exact) mass is 405 g/mol. The third kappa shape index (κ3) is 5.89. The summed E-state index contributed by atoms with van der Waals surface area (Å²) in [6.07, 6.45) is 0. The van der Waals surface area contributed by atoms with Crippen LogP contribution in [-0.2, 0) is 5.75 Å². The normalized spacial score (nSPS) is 11.3. The number of benzene rings is 2. The number of nitrogens with one attached hydrogen (secondary N) is 1. The molecule has 3 rings (SSSR count). The molecule has 0 spiro atoms. The zero-order valence-corrected chi connectivity index (χ0v) is 17.5. The van der Waals surface area contributed by atoms with Crippen molar-refractivity contribution >= 4 is 29.1 Å². The largest absolute Gasteiger partial charge is 0.399 e. The van der Waals surface area contributed by atoms with Crippen molar-refractivity contribution in [1.82, 2.24) is 15.4 Å². The number of hydrazone groups is 1. The van der Waals surface area contributed by atoms with Gasteiger partial charge in [0, 0.05) is 28.4 Å². The van der Waals surface area contributed by atoms with Crippen molar-refractivity contribution in [3.05, 3.63) is 82.7 Å². The number of nitrogens with zero attached hydrogens (tertiary/aromatic N) is 3. The smallest absolute Gasteiger partial charge is 0.271 e. The number of aryl methyl sites for hydroxylation is 2. The highest BCUT2D eigenvalue weighted by molar-refractivity contribution is 7.98. The first-order valence-corrected chi connectivity index (χ1v) is 10.1. The van der Waals surface area contributed by atoms with E-state index >= 15 is 0 Å². The topological polar surface area (TPSA) is 93.3 Å². The highest BCUT2D eigenvalue weighted by atomic mass is 32.2. The molecule has 29 heavy (non-hydrogen) atoms. The van der Waals surface area contributed by atoms with Gasteiger partial charge in [0.05, 0.1) is 5.71 Å². The van der Waals surface area contributed by atoms with Crippen molar-refractivity contribution in [3.63, 3.8) is 0 Å². The number of rotatable bonds is 6. The van der Waals surface area contributed by atoms with E-state index in [1.807, 2.05) is 57.2 Å². The molecule has 1 heterocycles. The number of carbonyl (C=O) groups excluding carboxylic acids is 1. The Hall–Kier alpha value is -3.19. The Morgan fingerprint density at radius 1 is 1.03 bits per heavy atom. The Morgan fingerprint density at radius 3 is 2.38 bits per heavy atom. The second kappa shape index (κ2) is 9.34. The summed E-state index contributed by atoms with van der Waals surface area (Å²) in [5, 5.41) is 4.93. The number of nitrogen functional groups attached to an aromatic ring is 1. The number of carbonyl (C=O) groups is 1. The van der Waals surface area contributed by atoms with Crippen LogP contribution in [0.5, 0.6) is 0 Å². The minimum Gasteiger partial charge on any atom is -0.399 e. The third-order valence-electron chi connectivity index (χ3n) is 4.18. The van der Waals surface area contributed by atoms with Crippen LogP contribution in [0.4, 0.5) is 5.69 Å². The molecule has 0 saturated heterocycles. The van der Waals surface area contributed by atoms with Gasteiger partial charge in [-0.05, 0) is 62.2 Å². The number of nitrogens with two attached hydrogens (primary N) is 1. The second-order valence-corrected chi connectivity index (χ2v) is 7.62. The molecule has 3 aromatic rings. The van der Waals surface area contributed by atoms with E-state index in [4.69, 9.17) is 5.73 Å². The summed E-state index contributed by atoms with van der Waals surface area (Å²) in [5.74, 6) is 0.474. The van der Waals surface area contributed by atoms with Crippen molar-refractivity contribution in [2.75, 3.05) is 5.73 Å². The lowest BCUT2D eigenvalue weighted by atomic mass is 10.1. The summed E-state index contributed by atoms with van der Waals surface area (Å²) in [5.41, 5.74) is 14.1. The van der Waals surface area contributed by atoms with Crippen LogP contribution < -0.4 is 11.2 Å². The van der Waals surface area contributed by atoms with Gasteiger partial charge in [-0.3, -0.25) is 4.79 Å². The SMILES string of the molecule is C/C(=N/NC(=O)c1ccc(CSc2nc(C)cc(C)n2)cc1)c1cccc(N)c1. The van der Waals surface area contributed by atoms with Crippen molar-refractivity contribution in [2.24, 2.45) is 5.10 Å². The van der Waals surface area contributed by atoms with Gasteiger partial charge < -0.3 is 5.73 Å².